The molecule has 3 fully saturated rings. The number of fused-ring (bicyclic) bond motifs is 2. The lowest BCUT2D eigenvalue weighted by Gasteiger charge is -2.45. The van der Waals surface area contributed by atoms with Gasteiger partial charge in [-0.25, -0.2) is 8.42 Å². The number of hydrogen-bond acceptors (Lipinski definition) is 4. The van der Waals surface area contributed by atoms with Gasteiger partial charge in [0.1, 0.15) is 5.25 Å². The predicted octanol–water partition coefficient (Wildman–Crippen LogP) is 0.0857. The van der Waals surface area contributed by atoms with E-state index >= 15 is 0 Å². The summed E-state index contributed by atoms with van der Waals surface area (Å²) in [6, 6.07) is 7.96. The smallest absolute Gasteiger partial charge is 0.241 e. The second-order valence-corrected chi connectivity index (χ2v) is 7.91. The van der Waals surface area contributed by atoms with E-state index in [1.165, 1.54) is 0 Å². The van der Waals surface area contributed by atoms with Gasteiger partial charge in [0.2, 0.25) is 5.91 Å². The topological polar surface area (TPSA) is 80.5 Å². The van der Waals surface area contributed by atoms with Gasteiger partial charge in [0.05, 0.1) is 5.25 Å². The molecule has 108 valence electrons. The first-order valence-corrected chi connectivity index (χ1v) is 8.42. The molecular formula is C14H18N2O3S. The van der Waals surface area contributed by atoms with Gasteiger partial charge in [-0.15, -0.1) is 0 Å². The molecule has 5 nitrogen and oxygen atoms in total. The van der Waals surface area contributed by atoms with Crippen LogP contribution < -0.4 is 5.73 Å². The first-order chi connectivity index (χ1) is 9.52. The highest BCUT2D eigenvalue weighted by Crippen LogP contribution is 2.36. The SMILES string of the molecule is NCc1cccc(CCN2CC3CC(C2=O)S3(=O)=O)c1. The van der Waals surface area contributed by atoms with Gasteiger partial charge in [0.15, 0.2) is 9.84 Å². The van der Waals surface area contributed by atoms with Gasteiger partial charge in [0.25, 0.3) is 0 Å². The maximum absolute atomic E-state index is 12.0. The van der Waals surface area contributed by atoms with Crippen LogP contribution in [0.25, 0.3) is 0 Å². The van der Waals surface area contributed by atoms with Gasteiger partial charge in [-0.05, 0) is 24.0 Å². The minimum atomic E-state index is -3.15. The highest BCUT2D eigenvalue weighted by molar-refractivity contribution is 7.95. The molecule has 3 saturated heterocycles. The monoisotopic (exact) mass is 294 g/mol. The number of rotatable bonds is 4. The molecular weight excluding hydrogens is 276 g/mol. The van der Waals surface area contributed by atoms with Gasteiger partial charge in [-0.2, -0.15) is 0 Å². The van der Waals surface area contributed by atoms with Crippen LogP contribution in [0, 0.1) is 0 Å². The van der Waals surface area contributed by atoms with Crippen molar-refractivity contribution in [2.45, 2.75) is 29.9 Å². The predicted molar refractivity (Wildman–Crippen MR) is 75.7 cm³/mol. The fourth-order valence-corrected chi connectivity index (χ4v) is 4.84. The molecule has 3 aliphatic rings. The zero-order valence-electron chi connectivity index (χ0n) is 11.2. The van der Waals surface area contributed by atoms with Crippen LogP contribution in [0.1, 0.15) is 17.5 Å². The average molecular weight is 294 g/mol. The minimum Gasteiger partial charge on any atom is -0.340 e. The zero-order valence-corrected chi connectivity index (χ0v) is 12.0. The molecule has 3 heterocycles. The quantitative estimate of drug-likeness (QED) is 0.853. The second kappa shape index (κ2) is 4.86. The van der Waals surface area contributed by atoms with Gasteiger partial charge in [0, 0.05) is 19.6 Å². The van der Waals surface area contributed by atoms with E-state index in [9.17, 15) is 13.2 Å². The summed E-state index contributed by atoms with van der Waals surface area (Å²) in [5.74, 6) is -0.220. The number of benzene rings is 1. The summed E-state index contributed by atoms with van der Waals surface area (Å²) in [6.45, 7) is 1.43. The number of amides is 1. The van der Waals surface area contributed by atoms with Gasteiger partial charge < -0.3 is 10.6 Å². The molecule has 2 N–H and O–H groups in total. The number of nitrogens with zero attached hydrogens (tertiary/aromatic N) is 1. The van der Waals surface area contributed by atoms with Crippen LogP contribution in [-0.4, -0.2) is 42.8 Å². The number of sulfone groups is 1. The molecule has 20 heavy (non-hydrogen) atoms. The summed E-state index contributed by atoms with van der Waals surface area (Å²) in [5.41, 5.74) is 7.80. The lowest BCUT2D eigenvalue weighted by atomic mass is 10.0. The van der Waals surface area contributed by atoms with Crippen LogP contribution in [0.5, 0.6) is 0 Å². The fraction of sp³-hybridized carbons (Fsp3) is 0.500. The van der Waals surface area contributed by atoms with Crippen molar-refractivity contribution in [2.24, 2.45) is 5.73 Å². The molecule has 0 aliphatic carbocycles. The van der Waals surface area contributed by atoms with Crippen molar-refractivity contribution >= 4 is 15.7 Å². The molecule has 1 aromatic rings. The summed E-state index contributed by atoms with van der Waals surface area (Å²) < 4.78 is 23.4. The summed E-state index contributed by atoms with van der Waals surface area (Å²) in [6.07, 6.45) is 1.25. The van der Waals surface area contributed by atoms with Crippen LogP contribution in [0.15, 0.2) is 24.3 Å². The third kappa shape index (κ3) is 2.13. The van der Waals surface area contributed by atoms with Gasteiger partial charge in [-0.3, -0.25) is 4.79 Å². The first-order valence-electron chi connectivity index (χ1n) is 6.82. The maximum Gasteiger partial charge on any atom is 0.241 e. The number of piperidine rings is 1. The Labute approximate surface area is 118 Å². The largest absolute Gasteiger partial charge is 0.340 e. The molecule has 0 radical (unpaired) electrons. The standard InChI is InChI=1S/C14H18N2O3S/c15-8-11-3-1-2-10(6-11)4-5-16-9-12-7-13(14(16)17)20(12,18)19/h1-3,6,12-13H,4-5,7-9,15H2. The van der Waals surface area contributed by atoms with Gasteiger partial charge in [-0.1, -0.05) is 24.3 Å². The molecule has 0 aromatic heterocycles. The van der Waals surface area contributed by atoms with Crippen LogP contribution in [0.3, 0.4) is 0 Å². The second-order valence-electron chi connectivity index (χ2n) is 5.49. The third-order valence-corrected chi connectivity index (χ3v) is 6.70. The normalized spacial score (nSPS) is 27.2. The lowest BCUT2D eigenvalue weighted by molar-refractivity contribution is -0.133. The molecule has 0 spiro atoms. The van der Waals surface area contributed by atoms with Crippen molar-refractivity contribution in [1.82, 2.24) is 4.90 Å². The van der Waals surface area contributed by atoms with Gasteiger partial charge >= 0.3 is 0 Å². The molecule has 3 aliphatic heterocycles. The van der Waals surface area contributed by atoms with Crippen molar-refractivity contribution < 1.29 is 13.2 Å². The number of carbonyl (C=O) groups excluding carboxylic acids is 1. The molecule has 1 aromatic carbocycles. The average Bonchev–Trinajstić information content (AvgIpc) is 2.45. The molecule has 2 bridgehead atoms. The van der Waals surface area contributed by atoms with Crippen molar-refractivity contribution in [1.29, 1.82) is 0 Å². The molecule has 4 rings (SSSR count). The minimum absolute atomic E-state index is 0.220. The summed E-state index contributed by atoms with van der Waals surface area (Å²) in [7, 11) is -3.15. The van der Waals surface area contributed by atoms with E-state index in [0.717, 1.165) is 17.5 Å². The molecule has 2 unspecified atom stereocenters. The van der Waals surface area contributed by atoms with Crippen molar-refractivity contribution in [3.05, 3.63) is 35.4 Å². The van der Waals surface area contributed by atoms with Crippen LogP contribution in [0.2, 0.25) is 0 Å². The highest BCUT2D eigenvalue weighted by Gasteiger charge is 2.56. The summed E-state index contributed by atoms with van der Waals surface area (Å²) in [5, 5.41) is -1.10. The van der Waals surface area contributed by atoms with E-state index < -0.39 is 15.1 Å². The van der Waals surface area contributed by atoms with Crippen LogP contribution >= 0.6 is 0 Å². The molecule has 6 heteroatoms. The first kappa shape index (κ1) is 13.6. The fourth-order valence-electron chi connectivity index (χ4n) is 2.95. The van der Waals surface area contributed by atoms with E-state index in [0.29, 0.717) is 26.1 Å². The number of carbonyl (C=O) groups is 1. The Balaban J connectivity index is 1.64. The maximum atomic E-state index is 12.0. The number of nitrogens with two attached hydrogens (primary N) is 1. The van der Waals surface area contributed by atoms with Crippen LogP contribution in [0.4, 0.5) is 0 Å². The zero-order chi connectivity index (χ0) is 14.3. The Morgan fingerprint density at radius 1 is 1.30 bits per heavy atom. The summed E-state index contributed by atoms with van der Waals surface area (Å²) >= 11 is 0. The summed E-state index contributed by atoms with van der Waals surface area (Å²) in [4.78, 5) is 13.7. The van der Waals surface area contributed by atoms with E-state index in [4.69, 9.17) is 5.73 Å². The Morgan fingerprint density at radius 2 is 2.05 bits per heavy atom. The number of hydrogen-bond donors (Lipinski definition) is 1. The highest BCUT2D eigenvalue weighted by atomic mass is 32.2. The Hall–Kier alpha value is -1.40. The van der Waals surface area contributed by atoms with Crippen molar-refractivity contribution in [3.8, 4) is 0 Å². The van der Waals surface area contributed by atoms with Crippen LogP contribution in [-0.2, 0) is 27.6 Å². The molecule has 0 saturated carbocycles. The Bertz CT molecular complexity index is 642. The van der Waals surface area contributed by atoms with E-state index in [1.807, 2.05) is 24.3 Å². The van der Waals surface area contributed by atoms with E-state index in [-0.39, 0.29) is 11.2 Å². The molecule has 2 atom stereocenters. The molecule has 1 amide bonds. The third-order valence-electron chi connectivity index (χ3n) is 4.25. The van der Waals surface area contributed by atoms with Crippen molar-refractivity contribution in [2.75, 3.05) is 13.1 Å². The Morgan fingerprint density at radius 3 is 2.70 bits per heavy atom. The lowest BCUT2D eigenvalue weighted by Crippen LogP contribution is -2.65. The van der Waals surface area contributed by atoms with E-state index in [1.54, 1.807) is 4.90 Å². The van der Waals surface area contributed by atoms with E-state index in [2.05, 4.69) is 0 Å². The Kier molecular flexibility index (Phi) is 3.30. The van der Waals surface area contributed by atoms with Crippen molar-refractivity contribution in [3.63, 3.8) is 0 Å².